The van der Waals surface area contributed by atoms with Crippen LogP contribution in [-0.2, 0) is 6.54 Å². The second-order valence-electron chi connectivity index (χ2n) is 4.39. The van der Waals surface area contributed by atoms with Crippen molar-refractivity contribution >= 4 is 11.8 Å². The predicted molar refractivity (Wildman–Crippen MR) is 75.6 cm³/mol. The molecule has 0 aliphatic heterocycles. The summed E-state index contributed by atoms with van der Waals surface area (Å²) in [5, 5.41) is 11.7. The van der Waals surface area contributed by atoms with Gasteiger partial charge in [-0.1, -0.05) is 5.16 Å². The van der Waals surface area contributed by atoms with E-state index in [2.05, 4.69) is 20.1 Å². The van der Waals surface area contributed by atoms with E-state index in [-0.39, 0.29) is 5.84 Å². The predicted octanol–water partition coefficient (Wildman–Crippen LogP) is 0.911. The van der Waals surface area contributed by atoms with Crippen LogP contribution in [0, 0.1) is 6.92 Å². The number of hydrogen-bond acceptors (Lipinski definition) is 6. The Kier molecular flexibility index (Phi) is 4.09. The summed E-state index contributed by atoms with van der Waals surface area (Å²) in [5.74, 6) is 0.484. The highest BCUT2D eigenvalue weighted by Crippen LogP contribution is 2.12. The molecule has 0 saturated heterocycles. The SMILES string of the molecule is Cc1cc(/C(N)=N/O)nc(N(C)Cc2ccncc2)n1. The van der Waals surface area contributed by atoms with Crippen molar-refractivity contribution in [1.29, 1.82) is 0 Å². The monoisotopic (exact) mass is 272 g/mol. The molecule has 2 rings (SSSR count). The fraction of sp³-hybridized carbons (Fsp3) is 0.231. The fourth-order valence-electron chi connectivity index (χ4n) is 1.74. The summed E-state index contributed by atoms with van der Waals surface area (Å²) in [7, 11) is 1.88. The number of rotatable bonds is 4. The number of anilines is 1. The van der Waals surface area contributed by atoms with Crippen molar-refractivity contribution in [2.45, 2.75) is 13.5 Å². The minimum absolute atomic E-state index is 0.0333. The minimum atomic E-state index is -0.0333. The molecular weight excluding hydrogens is 256 g/mol. The molecule has 0 spiro atoms. The third-order valence-corrected chi connectivity index (χ3v) is 2.72. The van der Waals surface area contributed by atoms with Gasteiger partial charge < -0.3 is 15.8 Å². The van der Waals surface area contributed by atoms with Crippen LogP contribution in [0.25, 0.3) is 0 Å². The maximum atomic E-state index is 8.73. The first-order chi connectivity index (χ1) is 9.60. The zero-order valence-corrected chi connectivity index (χ0v) is 11.4. The highest BCUT2D eigenvalue weighted by Gasteiger charge is 2.10. The Morgan fingerprint density at radius 2 is 2.05 bits per heavy atom. The van der Waals surface area contributed by atoms with E-state index < -0.39 is 0 Å². The Bertz CT molecular complexity index is 614. The molecule has 0 aliphatic rings. The van der Waals surface area contributed by atoms with Gasteiger partial charge in [0.05, 0.1) is 0 Å². The Balaban J connectivity index is 2.26. The number of aromatic nitrogens is 3. The summed E-state index contributed by atoms with van der Waals surface area (Å²) >= 11 is 0. The first-order valence-corrected chi connectivity index (χ1v) is 6.04. The maximum absolute atomic E-state index is 8.73. The third-order valence-electron chi connectivity index (χ3n) is 2.72. The second-order valence-corrected chi connectivity index (χ2v) is 4.39. The van der Waals surface area contributed by atoms with Gasteiger partial charge in [-0.2, -0.15) is 0 Å². The van der Waals surface area contributed by atoms with Gasteiger partial charge in [0.15, 0.2) is 5.84 Å². The molecule has 104 valence electrons. The number of pyridine rings is 1. The smallest absolute Gasteiger partial charge is 0.226 e. The lowest BCUT2D eigenvalue weighted by molar-refractivity contribution is 0.318. The molecule has 0 bridgehead atoms. The van der Waals surface area contributed by atoms with Crippen LogP contribution in [0.1, 0.15) is 17.0 Å². The highest BCUT2D eigenvalue weighted by molar-refractivity contribution is 5.95. The summed E-state index contributed by atoms with van der Waals surface area (Å²) in [6.07, 6.45) is 3.48. The number of hydrogen-bond donors (Lipinski definition) is 2. The molecule has 0 saturated carbocycles. The molecule has 2 aromatic heterocycles. The van der Waals surface area contributed by atoms with E-state index in [1.807, 2.05) is 31.0 Å². The topological polar surface area (TPSA) is 101 Å². The first kappa shape index (κ1) is 13.7. The number of aryl methyl sites for hydroxylation is 1. The Hall–Kier alpha value is -2.70. The van der Waals surface area contributed by atoms with Crippen molar-refractivity contribution in [3.8, 4) is 0 Å². The molecule has 0 fully saturated rings. The number of nitrogens with zero attached hydrogens (tertiary/aromatic N) is 5. The van der Waals surface area contributed by atoms with Crippen LogP contribution in [0.2, 0.25) is 0 Å². The van der Waals surface area contributed by atoms with E-state index in [0.717, 1.165) is 11.3 Å². The van der Waals surface area contributed by atoms with E-state index in [9.17, 15) is 0 Å². The van der Waals surface area contributed by atoms with Crippen molar-refractivity contribution in [3.63, 3.8) is 0 Å². The van der Waals surface area contributed by atoms with E-state index in [1.165, 1.54) is 0 Å². The van der Waals surface area contributed by atoms with E-state index in [4.69, 9.17) is 10.9 Å². The molecule has 2 aromatic rings. The molecule has 0 atom stereocenters. The van der Waals surface area contributed by atoms with Crippen molar-refractivity contribution in [1.82, 2.24) is 15.0 Å². The quantitative estimate of drug-likeness (QED) is 0.371. The number of amidine groups is 1. The molecule has 7 nitrogen and oxygen atoms in total. The van der Waals surface area contributed by atoms with Gasteiger partial charge in [0.25, 0.3) is 0 Å². The number of oxime groups is 1. The molecular formula is C13H16N6O. The van der Waals surface area contributed by atoms with Crippen molar-refractivity contribution in [2.75, 3.05) is 11.9 Å². The standard InChI is InChI=1S/C13H16N6O/c1-9-7-11(12(14)18-20)17-13(16-9)19(2)8-10-3-5-15-6-4-10/h3-7,20H,8H2,1-2H3,(H2,14,18). The highest BCUT2D eigenvalue weighted by atomic mass is 16.4. The fourth-order valence-corrected chi connectivity index (χ4v) is 1.74. The van der Waals surface area contributed by atoms with Gasteiger partial charge >= 0.3 is 0 Å². The molecule has 2 heterocycles. The molecule has 0 amide bonds. The van der Waals surface area contributed by atoms with Gasteiger partial charge in [-0.25, -0.2) is 9.97 Å². The van der Waals surface area contributed by atoms with Gasteiger partial charge in [0.1, 0.15) is 5.69 Å². The number of nitrogens with two attached hydrogens (primary N) is 1. The van der Waals surface area contributed by atoms with E-state index in [1.54, 1.807) is 18.5 Å². The Morgan fingerprint density at radius 1 is 1.35 bits per heavy atom. The summed E-state index contributed by atoms with van der Waals surface area (Å²) in [6, 6.07) is 5.52. The lowest BCUT2D eigenvalue weighted by atomic mass is 10.2. The summed E-state index contributed by atoms with van der Waals surface area (Å²) in [5.41, 5.74) is 7.81. The maximum Gasteiger partial charge on any atom is 0.226 e. The lowest BCUT2D eigenvalue weighted by Crippen LogP contribution is -2.22. The largest absolute Gasteiger partial charge is 0.409 e. The summed E-state index contributed by atoms with van der Waals surface area (Å²) < 4.78 is 0. The molecule has 3 N–H and O–H groups in total. The van der Waals surface area contributed by atoms with Gasteiger partial charge in [-0.15, -0.1) is 0 Å². The normalized spacial score (nSPS) is 11.4. The second kappa shape index (κ2) is 5.96. The van der Waals surface area contributed by atoms with Crippen LogP contribution < -0.4 is 10.6 Å². The molecule has 0 aliphatic carbocycles. The van der Waals surface area contributed by atoms with Crippen LogP contribution in [-0.4, -0.2) is 33.0 Å². The van der Waals surface area contributed by atoms with Crippen LogP contribution in [0.15, 0.2) is 35.7 Å². The van der Waals surface area contributed by atoms with Crippen molar-refractivity contribution in [3.05, 3.63) is 47.5 Å². The molecule has 0 radical (unpaired) electrons. The van der Waals surface area contributed by atoms with Gasteiger partial charge in [-0.05, 0) is 30.7 Å². The summed E-state index contributed by atoms with van der Waals surface area (Å²) in [4.78, 5) is 14.5. The van der Waals surface area contributed by atoms with Crippen molar-refractivity contribution < 1.29 is 5.21 Å². The zero-order valence-electron chi connectivity index (χ0n) is 11.4. The Morgan fingerprint density at radius 3 is 2.70 bits per heavy atom. The van der Waals surface area contributed by atoms with Gasteiger partial charge in [0.2, 0.25) is 5.95 Å². The van der Waals surface area contributed by atoms with E-state index >= 15 is 0 Å². The average Bonchev–Trinajstić information content (AvgIpc) is 2.46. The van der Waals surface area contributed by atoms with Crippen LogP contribution in [0.3, 0.4) is 0 Å². The van der Waals surface area contributed by atoms with Crippen LogP contribution >= 0.6 is 0 Å². The minimum Gasteiger partial charge on any atom is -0.409 e. The summed E-state index contributed by atoms with van der Waals surface area (Å²) in [6.45, 7) is 2.47. The Labute approximate surface area is 116 Å². The van der Waals surface area contributed by atoms with Gasteiger partial charge in [-0.3, -0.25) is 4.98 Å². The van der Waals surface area contributed by atoms with Crippen LogP contribution in [0.4, 0.5) is 5.95 Å². The first-order valence-electron chi connectivity index (χ1n) is 6.04. The molecule has 20 heavy (non-hydrogen) atoms. The molecule has 7 heteroatoms. The van der Waals surface area contributed by atoms with Crippen LogP contribution in [0.5, 0.6) is 0 Å². The average molecular weight is 272 g/mol. The van der Waals surface area contributed by atoms with E-state index in [0.29, 0.717) is 18.2 Å². The molecule has 0 unspecified atom stereocenters. The molecule has 0 aromatic carbocycles. The zero-order chi connectivity index (χ0) is 14.5. The third kappa shape index (κ3) is 3.19. The van der Waals surface area contributed by atoms with Crippen molar-refractivity contribution in [2.24, 2.45) is 10.9 Å². The lowest BCUT2D eigenvalue weighted by Gasteiger charge is -2.18. The van der Waals surface area contributed by atoms with Gasteiger partial charge in [0, 0.05) is 31.7 Å².